The van der Waals surface area contributed by atoms with Gasteiger partial charge in [-0.1, -0.05) is 26.6 Å². The first-order chi connectivity index (χ1) is 4.13. The monoisotopic (exact) mass is 144 g/mol. The van der Waals surface area contributed by atoms with Crippen molar-refractivity contribution in [1.29, 1.82) is 0 Å². The Bertz CT molecular complexity index is 127. The predicted octanol–water partition coefficient (Wildman–Crippen LogP) is 2.36. The molecule has 0 bridgehead atoms. The van der Waals surface area contributed by atoms with Crippen molar-refractivity contribution in [2.75, 3.05) is 5.75 Å². The SMILES string of the molecule is C=S1CC(C(C)C)[C@H]1C. The van der Waals surface area contributed by atoms with Crippen LogP contribution < -0.4 is 0 Å². The highest BCUT2D eigenvalue weighted by atomic mass is 32.2. The van der Waals surface area contributed by atoms with Crippen molar-refractivity contribution in [1.82, 2.24) is 0 Å². The summed E-state index contributed by atoms with van der Waals surface area (Å²) in [5.74, 6) is 7.33. The lowest BCUT2D eigenvalue weighted by molar-refractivity contribution is 0.399. The molecule has 2 unspecified atom stereocenters. The van der Waals surface area contributed by atoms with Crippen LogP contribution in [-0.4, -0.2) is 16.9 Å². The zero-order valence-corrected chi connectivity index (χ0v) is 7.37. The van der Waals surface area contributed by atoms with Crippen LogP contribution in [0, 0.1) is 11.8 Å². The second-order valence-electron chi connectivity index (χ2n) is 3.32. The summed E-state index contributed by atoms with van der Waals surface area (Å²) in [5, 5.41) is 0.907. The van der Waals surface area contributed by atoms with Gasteiger partial charge in [0.1, 0.15) is 0 Å². The minimum atomic E-state index is 0.513. The first-order valence-electron chi connectivity index (χ1n) is 3.62. The van der Waals surface area contributed by atoms with E-state index in [2.05, 4.69) is 26.6 Å². The summed E-state index contributed by atoms with van der Waals surface area (Å²) in [4.78, 5) is 0. The highest BCUT2D eigenvalue weighted by Crippen LogP contribution is 2.43. The lowest BCUT2D eigenvalue weighted by atomic mass is 9.94. The molecule has 1 heterocycles. The van der Waals surface area contributed by atoms with E-state index in [0.717, 1.165) is 17.1 Å². The van der Waals surface area contributed by atoms with E-state index in [1.807, 2.05) is 0 Å². The van der Waals surface area contributed by atoms with Gasteiger partial charge in [0.05, 0.1) is 0 Å². The second kappa shape index (κ2) is 2.45. The molecule has 3 atom stereocenters. The van der Waals surface area contributed by atoms with Gasteiger partial charge in [-0.2, -0.15) is 10.5 Å². The summed E-state index contributed by atoms with van der Waals surface area (Å²) in [5.41, 5.74) is 0. The Morgan fingerprint density at radius 2 is 2.11 bits per heavy atom. The molecule has 0 nitrogen and oxygen atoms in total. The summed E-state index contributed by atoms with van der Waals surface area (Å²) in [6.45, 7) is 6.97. The molecule has 1 aliphatic rings. The van der Waals surface area contributed by atoms with Gasteiger partial charge in [0.25, 0.3) is 0 Å². The van der Waals surface area contributed by atoms with Crippen molar-refractivity contribution >= 4 is 16.4 Å². The third kappa shape index (κ3) is 1.21. The predicted molar refractivity (Wildman–Crippen MR) is 47.4 cm³/mol. The molecule has 0 aromatic carbocycles. The first kappa shape index (κ1) is 7.33. The number of hydrogen-bond acceptors (Lipinski definition) is 0. The van der Waals surface area contributed by atoms with E-state index in [-0.39, 0.29) is 0 Å². The van der Waals surface area contributed by atoms with Gasteiger partial charge in [-0.25, -0.2) is 0 Å². The van der Waals surface area contributed by atoms with Crippen molar-refractivity contribution in [2.45, 2.75) is 26.0 Å². The van der Waals surface area contributed by atoms with Crippen molar-refractivity contribution < 1.29 is 0 Å². The van der Waals surface area contributed by atoms with Crippen LogP contribution in [-0.2, 0) is 0 Å². The van der Waals surface area contributed by atoms with Crippen LogP contribution >= 0.6 is 10.5 Å². The summed E-state index contributed by atoms with van der Waals surface area (Å²) in [6.07, 6.45) is 0. The van der Waals surface area contributed by atoms with Gasteiger partial charge < -0.3 is 0 Å². The van der Waals surface area contributed by atoms with Gasteiger partial charge in [0.15, 0.2) is 0 Å². The maximum Gasteiger partial charge on any atom is 0.000217 e. The van der Waals surface area contributed by atoms with Gasteiger partial charge in [0, 0.05) is 5.25 Å². The standard InChI is InChI=1S/C8H16S/c1-6(2)8-5-9(4)7(8)3/h6-8H,4-5H2,1-3H3/t7-,8?,9?/m1/s1. The molecule has 1 saturated heterocycles. The molecular weight excluding hydrogens is 128 g/mol. The summed E-state index contributed by atoms with van der Waals surface area (Å²) in [6, 6.07) is 0. The molecule has 1 fully saturated rings. The van der Waals surface area contributed by atoms with Crippen LogP contribution in [0.3, 0.4) is 0 Å². The molecule has 0 amide bonds. The molecule has 1 aliphatic heterocycles. The van der Waals surface area contributed by atoms with Crippen LogP contribution in [0.2, 0.25) is 0 Å². The summed E-state index contributed by atoms with van der Waals surface area (Å²) >= 11 is 0. The minimum Gasteiger partial charge on any atom is -0.190 e. The Hall–Kier alpha value is 0.220. The van der Waals surface area contributed by atoms with Crippen molar-refractivity contribution in [3.8, 4) is 0 Å². The molecule has 1 heteroatoms. The van der Waals surface area contributed by atoms with Crippen LogP contribution in [0.1, 0.15) is 20.8 Å². The third-order valence-electron chi connectivity index (χ3n) is 2.39. The quantitative estimate of drug-likeness (QED) is 0.496. The zero-order chi connectivity index (χ0) is 7.02. The molecule has 0 aromatic rings. The Morgan fingerprint density at radius 1 is 1.56 bits per heavy atom. The molecule has 0 N–H and O–H groups in total. The van der Waals surface area contributed by atoms with Crippen LogP contribution in [0.15, 0.2) is 0 Å². The molecule has 0 aromatic heterocycles. The zero-order valence-electron chi connectivity index (χ0n) is 6.55. The normalized spacial score (nSPS) is 42.9. The van der Waals surface area contributed by atoms with E-state index < -0.39 is 0 Å². The van der Waals surface area contributed by atoms with E-state index in [1.165, 1.54) is 5.75 Å². The first-order valence-corrected chi connectivity index (χ1v) is 5.25. The lowest BCUT2D eigenvalue weighted by Crippen LogP contribution is -2.34. The molecule has 9 heavy (non-hydrogen) atoms. The number of hydrogen-bond donors (Lipinski definition) is 0. The smallest absolute Gasteiger partial charge is 0.000217 e. The van der Waals surface area contributed by atoms with Gasteiger partial charge in [-0.3, -0.25) is 0 Å². The van der Waals surface area contributed by atoms with E-state index >= 15 is 0 Å². The molecule has 0 radical (unpaired) electrons. The molecule has 0 spiro atoms. The van der Waals surface area contributed by atoms with Gasteiger partial charge in [-0.05, 0) is 17.6 Å². The average molecular weight is 144 g/mol. The highest BCUT2D eigenvalue weighted by Gasteiger charge is 2.31. The van der Waals surface area contributed by atoms with Crippen molar-refractivity contribution in [3.05, 3.63) is 0 Å². The second-order valence-corrected chi connectivity index (χ2v) is 5.47. The third-order valence-corrected chi connectivity index (χ3v) is 4.61. The van der Waals surface area contributed by atoms with Crippen LogP contribution in [0.5, 0.6) is 0 Å². The van der Waals surface area contributed by atoms with Gasteiger partial charge in [0.2, 0.25) is 0 Å². The van der Waals surface area contributed by atoms with E-state index in [0.29, 0.717) is 10.5 Å². The van der Waals surface area contributed by atoms with Crippen molar-refractivity contribution in [3.63, 3.8) is 0 Å². The topological polar surface area (TPSA) is 0 Å². The molecule has 54 valence electrons. The van der Waals surface area contributed by atoms with E-state index in [9.17, 15) is 0 Å². The Labute approximate surface area is 60.6 Å². The molecule has 0 saturated carbocycles. The van der Waals surface area contributed by atoms with Crippen LogP contribution in [0.25, 0.3) is 0 Å². The summed E-state index contributed by atoms with van der Waals surface area (Å²) < 4.78 is 0. The Morgan fingerprint density at radius 3 is 2.22 bits per heavy atom. The Kier molecular flexibility index (Phi) is 2.00. The number of rotatable bonds is 1. The maximum absolute atomic E-state index is 4.09. The minimum absolute atomic E-state index is 0.513. The maximum atomic E-state index is 4.09. The fraction of sp³-hybridized carbons (Fsp3) is 0.875. The largest absolute Gasteiger partial charge is 0.190 e. The fourth-order valence-electron chi connectivity index (χ4n) is 1.39. The highest BCUT2D eigenvalue weighted by molar-refractivity contribution is 8.15. The lowest BCUT2D eigenvalue weighted by Gasteiger charge is -2.40. The van der Waals surface area contributed by atoms with Crippen molar-refractivity contribution in [2.24, 2.45) is 11.8 Å². The molecule has 0 aliphatic carbocycles. The van der Waals surface area contributed by atoms with E-state index in [4.69, 9.17) is 0 Å². The van der Waals surface area contributed by atoms with Gasteiger partial charge >= 0.3 is 0 Å². The van der Waals surface area contributed by atoms with Crippen LogP contribution in [0.4, 0.5) is 0 Å². The molecular formula is C8H16S. The fourth-order valence-corrected chi connectivity index (χ4v) is 3.41. The Balaban J connectivity index is 2.42. The van der Waals surface area contributed by atoms with E-state index in [1.54, 1.807) is 0 Å². The summed E-state index contributed by atoms with van der Waals surface area (Å²) in [7, 11) is 0.513. The molecule has 1 rings (SSSR count). The van der Waals surface area contributed by atoms with Gasteiger partial charge in [-0.15, -0.1) is 0 Å². The average Bonchev–Trinajstić information content (AvgIpc) is 1.81.